The van der Waals surface area contributed by atoms with Gasteiger partial charge in [0, 0.05) is 42.5 Å². The van der Waals surface area contributed by atoms with E-state index in [1.807, 2.05) is 24.3 Å². The molecule has 0 spiro atoms. The quantitative estimate of drug-likeness (QED) is 0.166. The molecular formula is C32H28F2N6O5S. The molecule has 2 bridgehead atoms. The van der Waals surface area contributed by atoms with Crippen LogP contribution in [0.15, 0.2) is 71.8 Å². The fourth-order valence-corrected chi connectivity index (χ4v) is 6.68. The summed E-state index contributed by atoms with van der Waals surface area (Å²) in [5.41, 5.74) is 0.375. The maximum Gasteiger partial charge on any atom is 0.332 e. The van der Waals surface area contributed by atoms with Crippen molar-refractivity contribution in [3.05, 3.63) is 78.2 Å². The second-order valence-electron chi connectivity index (χ2n) is 11.3. The number of pyridine rings is 1. The van der Waals surface area contributed by atoms with Gasteiger partial charge in [-0.05, 0) is 53.9 Å². The summed E-state index contributed by atoms with van der Waals surface area (Å²) in [5, 5.41) is 18.4. The number of aromatic nitrogens is 3. The Labute approximate surface area is 262 Å². The van der Waals surface area contributed by atoms with E-state index < -0.39 is 26.8 Å². The first-order chi connectivity index (χ1) is 22.1. The van der Waals surface area contributed by atoms with E-state index >= 15 is 4.39 Å². The van der Waals surface area contributed by atoms with Crippen molar-refractivity contribution in [1.82, 2.24) is 25.6 Å². The number of nitrogens with zero attached hydrogens (tertiary/aromatic N) is 4. The molecule has 236 valence electrons. The van der Waals surface area contributed by atoms with Crippen molar-refractivity contribution in [2.75, 3.05) is 31.1 Å². The van der Waals surface area contributed by atoms with Crippen LogP contribution in [-0.4, -0.2) is 72.7 Å². The van der Waals surface area contributed by atoms with Crippen LogP contribution in [0.5, 0.6) is 11.8 Å². The Morgan fingerprint density at radius 1 is 1.04 bits per heavy atom. The molecule has 0 radical (unpaired) electrons. The van der Waals surface area contributed by atoms with Gasteiger partial charge in [-0.25, -0.2) is 4.39 Å². The zero-order chi connectivity index (χ0) is 32.0. The van der Waals surface area contributed by atoms with E-state index in [0.29, 0.717) is 35.2 Å². The summed E-state index contributed by atoms with van der Waals surface area (Å²) in [6.45, 7) is 1.19. The first kappa shape index (κ1) is 29.7. The Bertz CT molecular complexity index is 2100. The molecule has 2 aromatic heterocycles. The van der Waals surface area contributed by atoms with Gasteiger partial charge >= 0.3 is 16.2 Å². The number of piperazine rings is 1. The lowest BCUT2D eigenvalue weighted by Gasteiger charge is -2.34. The van der Waals surface area contributed by atoms with Crippen LogP contribution in [0.4, 0.5) is 14.1 Å². The number of aromatic hydroxyl groups is 1. The number of rotatable bonds is 8. The Kier molecular flexibility index (Phi) is 7.61. The van der Waals surface area contributed by atoms with Crippen molar-refractivity contribution in [3.63, 3.8) is 0 Å². The summed E-state index contributed by atoms with van der Waals surface area (Å²) in [6, 6.07) is 15.4. The van der Waals surface area contributed by atoms with Gasteiger partial charge in [0.05, 0.1) is 16.8 Å². The van der Waals surface area contributed by atoms with E-state index in [9.17, 15) is 22.2 Å². The number of halogens is 2. The Morgan fingerprint density at radius 3 is 2.61 bits per heavy atom. The molecule has 0 saturated carbocycles. The van der Waals surface area contributed by atoms with Gasteiger partial charge in [-0.3, -0.25) is 9.78 Å². The average Bonchev–Trinajstić information content (AvgIpc) is 3.39. The zero-order valence-corrected chi connectivity index (χ0v) is 25.1. The molecular weight excluding hydrogens is 618 g/mol. The maximum atomic E-state index is 16.5. The highest BCUT2D eigenvalue weighted by atomic mass is 32.3. The summed E-state index contributed by atoms with van der Waals surface area (Å²) in [6.07, 6.45) is 3.59. The van der Waals surface area contributed by atoms with Crippen molar-refractivity contribution in [2.24, 2.45) is 0 Å². The number of phenolic OH excluding ortho intramolecular Hbond substituents is 1. The predicted octanol–water partition coefficient (Wildman–Crippen LogP) is 4.10. The minimum absolute atomic E-state index is 0.00316. The Hall–Kier alpha value is -4.95. The molecule has 1 amide bonds. The molecule has 2 atom stereocenters. The van der Waals surface area contributed by atoms with Crippen molar-refractivity contribution in [1.29, 1.82) is 0 Å². The van der Waals surface area contributed by atoms with Crippen LogP contribution < -0.4 is 20.3 Å². The molecule has 4 heterocycles. The first-order valence-corrected chi connectivity index (χ1v) is 16.1. The molecule has 5 aromatic rings. The summed E-state index contributed by atoms with van der Waals surface area (Å²) in [4.78, 5) is 27.6. The molecule has 14 heteroatoms. The third-order valence-electron chi connectivity index (χ3n) is 8.26. The van der Waals surface area contributed by atoms with Crippen molar-refractivity contribution >= 4 is 43.6 Å². The number of benzene rings is 3. The van der Waals surface area contributed by atoms with Crippen molar-refractivity contribution < 1.29 is 31.3 Å². The van der Waals surface area contributed by atoms with E-state index in [1.165, 1.54) is 18.2 Å². The third kappa shape index (κ3) is 5.76. The van der Waals surface area contributed by atoms with E-state index in [1.54, 1.807) is 12.3 Å². The number of carbonyl (C=O) groups is 1. The van der Waals surface area contributed by atoms with Gasteiger partial charge in [-0.2, -0.15) is 18.4 Å². The van der Waals surface area contributed by atoms with E-state index in [2.05, 4.69) is 30.5 Å². The van der Waals surface area contributed by atoms with Crippen molar-refractivity contribution in [3.8, 4) is 23.0 Å². The molecule has 3 N–H and O–H groups in total. The SMILES string of the molecule is O=C(NCCOc1nc(N2CC3CCC(C2)N3)c2cnc(-c3cc(O)cc4ccccc34)c(F)c2n1)c1cccc(S(=O)(=O)F)c1. The monoisotopic (exact) mass is 646 g/mol. The van der Waals surface area contributed by atoms with Gasteiger partial charge in [0.25, 0.3) is 5.91 Å². The summed E-state index contributed by atoms with van der Waals surface area (Å²) < 4.78 is 58.1. The number of amides is 1. The Morgan fingerprint density at radius 2 is 1.83 bits per heavy atom. The van der Waals surface area contributed by atoms with Gasteiger partial charge < -0.3 is 25.4 Å². The highest BCUT2D eigenvalue weighted by Gasteiger charge is 2.34. The first-order valence-electron chi connectivity index (χ1n) is 14.7. The van der Waals surface area contributed by atoms with E-state index in [4.69, 9.17) is 4.74 Å². The largest absolute Gasteiger partial charge is 0.508 e. The van der Waals surface area contributed by atoms with E-state index in [-0.39, 0.29) is 53.8 Å². The molecule has 11 nitrogen and oxygen atoms in total. The maximum absolute atomic E-state index is 16.5. The number of hydrogen-bond donors (Lipinski definition) is 3. The molecule has 2 unspecified atom stereocenters. The van der Waals surface area contributed by atoms with Gasteiger partial charge in [-0.1, -0.05) is 30.3 Å². The standard InChI is InChI=1S/C32H28F2N6O5S/c33-27-28(25-14-22(41)12-18-4-1-2-7-24(18)25)36-15-26-29(27)38-32(39-30(26)40-16-20-8-9-21(17-40)37-20)45-11-10-35-31(42)19-5-3-6-23(13-19)46(34,43)44/h1-7,12-15,20-21,37,41H,8-11,16-17H2,(H,35,42). The number of nitrogens with one attached hydrogen (secondary N) is 2. The molecule has 2 aliphatic heterocycles. The number of fused-ring (bicyclic) bond motifs is 4. The molecule has 2 aliphatic rings. The van der Waals surface area contributed by atoms with Crippen LogP contribution in [0, 0.1) is 5.82 Å². The number of ether oxygens (including phenoxy) is 1. The van der Waals surface area contributed by atoms with Gasteiger partial charge in [-0.15, -0.1) is 3.89 Å². The number of hydrogen-bond acceptors (Lipinski definition) is 10. The highest BCUT2D eigenvalue weighted by molar-refractivity contribution is 7.86. The zero-order valence-electron chi connectivity index (χ0n) is 24.3. The lowest BCUT2D eigenvalue weighted by Crippen LogP contribution is -2.51. The second kappa shape index (κ2) is 11.8. The lowest BCUT2D eigenvalue weighted by atomic mass is 10.0. The third-order valence-corrected chi connectivity index (χ3v) is 9.07. The van der Waals surface area contributed by atoms with Gasteiger partial charge in [0.1, 0.15) is 29.4 Å². The number of phenols is 1. The molecule has 0 aliphatic carbocycles. The van der Waals surface area contributed by atoms with Gasteiger partial charge in [0.2, 0.25) is 0 Å². The number of anilines is 1. The van der Waals surface area contributed by atoms with Crippen LogP contribution in [0.2, 0.25) is 0 Å². The molecule has 46 heavy (non-hydrogen) atoms. The molecule has 7 rings (SSSR count). The minimum atomic E-state index is -4.97. The van der Waals surface area contributed by atoms with Crippen LogP contribution in [0.1, 0.15) is 23.2 Å². The highest BCUT2D eigenvalue weighted by Crippen LogP contribution is 2.37. The van der Waals surface area contributed by atoms with Crippen LogP contribution in [0.25, 0.3) is 32.9 Å². The van der Waals surface area contributed by atoms with E-state index in [0.717, 1.165) is 30.4 Å². The number of carbonyl (C=O) groups excluding carboxylic acids is 1. The molecule has 2 saturated heterocycles. The summed E-state index contributed by atoms with van der Waals surface area (Å²) in [7, 11) is -4.97. The van der Waals surface area contributed by atoms with Gasteiger partial charge in [0.15, 0.2) is 5.82 Å². The second-order valence-corrected chi connectivity index (χ2v) is 12.7. The van der Waals surface area contributed by atoms with Crippen LogP contribution in [-0.2, 0) is 10.2 Å². The molecule has 3 aromatic carbocycles. The average molecular weight is 647 g/mol. The molecule has 2 fully saturated rings. The normalized spacial score (nSPS) is 17.8. The summed E-state index contributed by atoms with van der Waals surface area (Å²) in [5.74, 6) is -0.884. The van der Waals surface area contributed by atoms with Crippen molar-refractivity contribution in [2.45, 2.75) is 29.8 Å². The topological polar surface area (TPSA) is 147 Å². The summed E-state index contributed by atoms with van der Waals surface area (Å²) >= 11 is 0. The smallest absolute Gasteiger partial charge is 0.332 e. The minimum Gasteiger partial charge on any atom is -0.508 e. The fraction of sp³-hybridized carbons (Fsp3) is 0.250. The predicted molar refractivity (Wildman–Crippen MR) is 167 cm³/mol. The Balaban J connectivity index is 1.20. The lowest BCUT2D eigenvalue weighted by molar-refractivity contribution is 0.0946. The van der Waals surface area contributed by atoms with Crippen LogP contribution in [0.3, 0.4) is 0 Å². The fourth-order valence-electron chi connectivity index (χ4n) is 6.17. The van der Waals surface area contributed by atoms with Crippen LogP contribution >= 0.6 is 0 Å².